The lowest BCUT2D eigenvalue weighted by Gasteiger charge is -2.05. The summed E-state index contributed by atoms with van der Waals surface area (Å²) in [4.78, 5) is 27.7. The summed E-state index contributed by atoms with van der Waals surface area (Å²) in [7, 11) is 2.94. The molecule has 0 saturated heterocycles. The van der Waals surface area contributed by atoms with Gasteiger partial charge in [-0.2, -0.15) is 5.10 Å². The highest BCUT2D eigenvalue weighted by molar-refractivity contribution is 6.06. The highest BCUT2D eigenvalue weighted by Gasteiger charge is 2.22. The molecule has 7 nitrogen and oxygen atoms in total. The lowest BCUT2D eigenvalue weighted by atomic mass is 10.2. The van der Waals surface area contributed by atoms with Crippen LogP contribution in [0.2, 0.25) is 0 Å². The molecule has 2 heterocycles. The minimum absolute atomic E-state index is 0.0665. The molecular formula is C13H14N4O3. The van der Waals surface area contributed by atoms with Crippen molar-refractivity contribution in [1.82, 2.24) is 14.8 Å². The maximum absolute atomic E-state index is 12.1. The van der Waals surface area contributed by atoms with E-state index >= 15 is 0 Å². The summed E-state index contributed by atoms with van der Waals surface area (Å²) < 4.78 is 6.15. The van der Waals surface area contributed by atoms with Crippen molar-refractivity contribution in [3.63, 3.8) is 0 Å². The fourth-order valence-corrected chi connectivity index (χ4v) is 1.67. The molecule has 0 unspecified atom stereocenters. The summed E-state index contributed by atoms with van der Waals surface area (Å²) in [6, 6.07) is 5.00. The number of carbonyl (C=O) groups excluding carboxylic acids is 2. The molecule has 0 atom stereocenters. The van der Waals surface area contributed by atoms with Crippen LogP contribution in [0.5, 0.6) is 0 Å². The quantitative estimate of drug-likeness (QED) is 0.849. The predicted molar refractivity (Wildman–Crippen MR) is 71.5 cm³/mol. The summed E-state index contributed by atoms with van der Waals surface area (Å²) in [6.07, 6.45) is 1.52. The van der Waals surface area contributed by atoms with Crippen molar-refractivity contribution in [3.05, 3.63) is 41.5 Å². The van der Waals surface area contributed by atoms with Crippen molar-refractivity contribution in [2.75, 3.05) is 12.4 Å². The lowest BCUT2D eigenvalue weighted by molar-refractivity contribution is 0.0594. The maximum atomic E-state index is 12.1. The van der Waals surface area contributed by atoms with Crippen LogP contribution in [0.1, 0.15) is 26.7 Å². The van der Waals surface area contributed by atoms with Gasteiger partial charge in [-0.15, -0.1) is 0 Å². The number of ether oxygens (including phenoxy) is 1. The van der Waals surface area contributed by atoms with Gasteiger partial charge in [-0.3, -0.25) is 14.5 Å². The van der Waals surface area contributed by atoms with E-state index in [0.717, 1.165) is 0 Å². The van der Waals surface area contributed by atoms with Gasteiger partial charge in [-0.1, -0.05) is 6.07 Å². The van der Waals surface area contributed by atoms with Gasteiger partial charge in [0.1, 0.15) is 5.69 Å². The van der Waals surface area contributed by atoms with Crippen LogP contribution in [0.15, 0.2) is 24.4 Å². The molecule has 1 amide bonds. The van der Waals surface area contributed by atoms with Crippen LogP contribution in [0.25, 0.3) is 0 Å². The first kappa shape index (κ1) is 13.7. The van der Waals surface area contributed by atoms with Gasteiger partial charge in [0.25, 0.3) is 5.91 Å². The van der Waals surface area contributed by atoms with E-state index in [4.69, 9.17) is 0 Å². The fourth-order valence-electron chi connectivity index (χ4n) is 1.67. The third-order valence-electron chi connectivity index (χ3n) is 2.85. The molecule has 104 valence electrons. The number of nitrogens with zero attached hydrogens (tertiary/aromatic N) is 3. The zero-order valence-corrected chi connectivity index (χ0v) is 11.4. The molecule has 0 fully saturated rings. The molecule has 0 spiro atoms. The second kappa shape index (κ2) is 5.52. The number of anilines is 1. The van der Waals surface area contributed by atoms with E-state index < -0.39 is 11.9 Å². The van der Waals surface area contributed by atoms with E-state index in [1.54, 1.807) is 32.2 Å². The number of esters is 1. The summed E-state index contributed by atoms with van der Waals surface area (Å²) in [5, 5.41) is 6.68. The highest BCUT2D eigenvalue weighted by Crippen LogP contribution is 2.20. The van der Waals surface area contributed by atoms with Gasteiger partial charge in [0.15, 0.2) is 5.69 Å². The molecule has 0 aliphatic carbocycles. The number of rotatable bonds is 3. The van der Waals surface area contributed by atoms with Crippen molar-refractivity contribution in [2.24, 2.45) is 7.05 Å². The molecule has 2 rings (SSSR count). The fraction of sp³-hybridized carbons (Fsp3) is 0.231. The van der Waals surface area contributed by atoms with Crippen molar-refractivity contribution in [1.29, 1.82) is 0 Å². The number of methoxy groups -OCH3 is 1. The van der Waals surface area contributed by atoms with Crippen LogP contribution in [0.3, 0.4) is 0 Å². The average Bonchev–Trinajstić information content (AvgIpc) is 2.75. The minimum Gasteiger partial charge on any atom is -0.464 e. The molecule has 2 aromatic rings. The number of carbonyl (C=O) groups is 2. The Bertz CT molecular complexity index is 649. The monoisotopic (exact) mass is 274 g/mol. The van der Waals surface area contributed by atoms with E-state index in [0.29, 0.717) is 11.4 Å². The van der Waals surface area contributed by atoms with E-state index in [1.165, 1.54) is 18.0 Å². The van der Waals surface area contributed by atoms with Crippen molar-refractivity contribution < 1.29 is 14.3 Å². The van der Waals surface area contributed by atoms with Gasteiger partial charge in [-0.05, 0) is 19.1 Å². The summed E-state index contributed by atoms with van der Waals surface area (Å²) >= 11 is 0. The normalized spacial score (nSPS) is 10.2. The first-order valence-electron chi connectivity index (χ1n) is 5.89. The van der Waals surface area contributed by atoms with Gasteiger partial charge in [0.05, 0.1) is 18.5 Å². The van der Waals surface area contributed by atoms with Crippen LogP contribution in [0.4, 0.5) is 5.69 Å². The number of aromatic nitrogens is 3. The Labute approximate surface area is 115 Å². The number of hydrogen-bond acceptors (Lipinski definition) is 5. The molecule has 1 N–H and O–H groups in total. The van der Waals surface area contributed by atoms with Gasteiger partial charge in [-0.25, -0.2) is 4.79 Å². The standard InChI is InChI=1S/C13H14N4O3/c1-8-10(11(13(19)20-3)16-17(8)2)15-12(18)9-6-4-5-7-14-9/h4-7H,1-3H3,(H,15,18). The first-order chi connectivity index (χ1) is 9.54. The van der Waals surface area contributed by atoms with Gasteiger partial charge < -0.3 is 10.1 Å². The van der Waals surface area contributed by atoms with Crippen LogP contribution in [-0.2, 0) is 11.8 Å². The lowest BCUT2D eigenvalue weighted by Crippen LogP contribution is -2.16. The van der Waals surface area contributed by atoms with E-state index in [1.807, 2.05) is 0 Å². The third kappa shape index (κ3) is 2.51. The predicted octanol–water partition coefficient (Wildman–Crippen LogP) is 1.16. The molecule has 0 aliphatic heterocycles. The summed E-state index contributed by atoms with van der Waals surface area (Å²) in [5.41, 5.74) is 1.30. The average molecular weight is 274 g/mol. The number of nitrogens with one attached hydrogen (secondary N) is 1. The largest absolute Gasteiger partial charge is 0.464 e. The molecule has 0 radical (unpaired) electrons. The Morgan fingerprint density at radius 1 is 1.35 bits per heavy atom. The van der Waals surface area contributed by atoms with Crippen LogP contribution < -0.4 is 5.32 Å². The highest BCUT2D eigenvalue weighted by atomic mass is 16.5. The third-order valence-corrected chi connectivity index (χ3v) is 2.85. The van der Waals surface area contributed by atoms with Crippen molar-refractivity contribution in [2.45, 2.75) is 6.92 Å². The number of hydrogen-bond donors (Lipinski definition) is 1. The number of pyridine rings is 1. The number of aryl methyl sites for hydroxylation is 1. The van der Waals surface area contributed by atoms with E-state index in [-0.39, 0.29) is 11.4 Å². The SMILES string of the molecule is COC(=O)c1nn(C)c(C)c1NC(=O)c1ccccn1. The van der Waals surface area contributed by atoms with Crippen LogP contribution >= 0.6 is 0 Å². The van der Waals surface area contributed by atoms with E-state index in [2.05, 4.69) is 20.1 Å². The molecule has 0 aromatic carbocycles. The Kier molecular flexibility index (Phi) is 3.79. The van der Waals surface area contributed by atoms with Crippen molar-refractivity contribution in [3.8, 4) is 0 Å². The minimum atomic E-state index is -0.606. The Morgan fingerprint density at radius 2 is 2.10 bits per heavy atom. The first-order valence-corrected chi connectivity index (χ1v) is 5.89. The second-order valence-electron chi connectivity index (χ2n) is 4.09. The Morgan fingerprint density at radius 3 is 2.70 bits per heavy atom. The second-order valence-corrected chi connectivity index (χ2v) is 4.09. The molecule has 0 bridgehead atoms. The molecule has 2 aromatic heterocycles. The van der Waals surface area contributed by atoms with Gasteiger partial charge >= 0.3 is 5.97 Å². The smallest absolute Gasteiger partial charge is 0.360 e. The molecular weight excluding hydrogens is 260 g/mol. The zero-order chi connectivity index (χ0) is 14.7. The van der Waals surface area contributed by atoms with Gasteiger partial charge in [0, 0.05) is 13.2 Å². The molecule has 7 heteroatoms. The van der Waals surface area contributed by atoms with Crippen LogP contribution in [0, 0.1) is 6.92 Å². The molecule has 0 saturated carbocycles. The topological polar surface area (TPSA) is 86.1 Å². The van der Waals surface area contributed by atoms with Crippen LogP contribution in [-0.4, -0.2) is 33.8 Å². The molecule has 20 heavy (non-hydrogen) atoms. The van der Waals surface area contributed by atoms with Gasteiger partial charge in [0.2, 0.25) is 0 Å². The van der Waals surface area contributed by atoms with Crippen molar-refractivity contribution >= 4 is 17.6 Å². The number of amides is 1. The Hall–Kier alpha value is -2.70. The maximum Gasteiger partial charge on any atom is 0.360 e. The molecule has 0 aliphatic rings. The zero-order valence-electron chi connectivity index (χ0n) is 11.4. The van der Waals surface area contributed by atoms with E-state index in [9.17, 15) is 9.59 Å². The Balaban J connectivity index is 2.34. The summed E-state index contributed by atoms with van der Waals surface area (Å²) in [6.45, 7) is 1.74. The summed E-state index contributed by atoms with van der Waals surface area (Å²) in [5.74, 6) is -1.02.